The Kier molecular flexibility index (Phi) is 6.78. The fourth-order valence-electron chi connectivity index (χ4n) is 9.85. The van der Waals surface area contributed by atoms with Crippen LogP contribution in [0, 0.1) is 0 Å². The standard InChI is InChI=1S/C54H33BN2O2/c1-3-15-34(16-4-1)36-27-29-42-50(31-36)58-53-48(56-44-23-11-7-19-38(44)39-20-8-12-24-45(39)56)33-49(57-46-25-13-9-21-40(46)41-22-10-14-26-47(41)57)54-52(53)55(42)43-30-28-37(32-51(43)59-54)35-17-5-2-6-18-35/h1-33H. The van der Waals surface area contributed by atoms with Gasteiger partial charge in [0.05, 0.1) is 33.4 Å². The fraction of sp³-hybridized carbons (Fsp3) is 0. The van der Waals surface area contributed by atoms with Crippen LogP contribution in [-0.4, -0.2) is 15.8 Å². The van der Waals surface area contributed by atoms with Crippen molar-refractivity contribution in [2.45, 2.75) is 0 Å². The highest BCUT2D eigenvalue weighted by molar-refractivity contribution is 6.98. The summed E-state index contributed by atoms with van der Waals surface area (Å²) in [7, 11) is 0. The summed E-state index contributed by atoms with van der Waals surface area (Å²) in [5.74, 6) is 3.30. The lowest BCUT2D eigenvalue weighted by Crippen LogP contribution is -2.57. The van der Waals surface area contributed by atoms with E-state index in [-0.39, 0.29) is 6.71 Å². The number of aromatic nitrogens is 2. The maximum Gasteiger partial charge on any atom is 0.260 e. The van der Waals surface area contributed by atoms with Gasteiger partial charge in [-0.15, -0.1) is 0 Å². The molecule has 13 rings (SSSR count). The highest BCUT2D eigenvalue weighted by Gasteiger charge is 2.44. The summed E-state index contributed by atoms with van der Waals surface area (Å²) >= 11 is 0. The van der Waals surface area contributed by atoms with Crippen LogP contribution in [0.2, 0.25) is 0 Å². The largest absolute Gasteiger partial charge is 0.456 e. The molecule has 0 aliphatic carbocycles. The molecule has 0 fully saturated rings. The summed E-state index contributed by atoms with van der Waals surface area (Å²) in [5.41, 5.74) is 14.2. The Morgan fingerprint density at radius 3 is 1.07 bits per heavy atom. The maximum atomic E-state index is 7.38. The van der Waals surface area contributed by atoms with Gasteiger partial charge < -0.3 is 18.6 Å². The van der Waals surface area contributed by atoms with Crippen LogP contribution in [0.4, 0.5) is 0 Å². The molecule has 59 heavy (non-hydrogen) atoms. The van der Waals surface area contributed by atoms with Crippen LogP contribution in [0.15, 0.2) is 200 Å². The van der Waals surface area contributed by atoms with E-state index in [1.165, 1.54) is 21.5 Å². The Morgan fingerprint density at radius 2 is 0.678 bits per heavy atom. The minimum absolute atomic E-state index is 0.165. The van der Waals surface area contributed by atoms with Crippen molar-refractivity contribution in [2.24, 2.45) is 0 Å². The van der Waals surface area contributed by atoms with E-state index in [4.69, 9.17) is 9.47 Å². The van der Waals surface area contributed by atoms with E-state index in [1.807, 2.05) is 0 Å². The van der Waals surface area contributed by atoms with Gasteiger partial charge in [-0.05, 0) is 75.6 Å². The lowest BCUT2D eigenvalue weighted by molar-refractivity contribution is 0.462. The number of hydrogen-bond donors (Lipinski definition) is 0. The number of fused-ring (bicyclic) bond motifs is 10. The number of para-hydroxylation sites is 4. The summed E-state index contributed by atoms with van der Waals surface area (Å²) in [6.07, 6.45) is 0. The molecule has 274 valence electrons. The predicted octanol–water partition coefficient (Wildman–Crippen LogP) is 11.9. The van der Waals surface area contributed by atoms with E-state index in [9.17, 15) is 0 Å². The van der Waals surface area contributed by atoms with Crippen molar-refractivity contribution < 1.29 is 9.47 Å². The van der Waals surface area contributed by atoms with Gasteiger partial charge in [-0.25, -0.2) is 0 Å². The molecule has 0 radical (unpaired) electrons. The van der Waals surface area contributed by atoms with E-state index >= 15 is 0 Å². The van der Waals surface area contributed by atoms with E-state index in [2.05, 4.69) is 209 Å². The average Bonchev–Trinajstić information content (AvgIpc) is 3.82. The van der Waals surface area contributed by atoms with Gasteiger partial charge in [0.2, 0.25) is 0 Å². The summed E-state index contributed by atoms with van der Waals surface area (Å²) in [5, 5.41) is 4.78. The molecule has 4 heterocycles. The third-order valence-corrected chi connectivity index (χ3v) is 12.4. The maximum absolute atomic E-state index is 7.38. The predicted molar refractivity (Wildman–Crippen MR) is 244 cm³/mol. The summed E-state index contributed by atoms with van der Waals surface area (Å²) in [6, 6.07) is 71.7. The molecule has 4 nitrogen and oxygen atoms in total. The first-order valence-corrected chi connectivity index (χ1v) is 20.2. The Hall–Kier alpha value is -7.76. The highest BCUT2D eigenvalue weighted by atomic mass is 16.5. The first kappa shape index (κ1) is 32.3. The Labute approximate surface area is 340 Å². The molecule has 0 atom stereocenters. The minimum Gasteiger partial charge on any atom is -0.456 e. The van der Waals surface area contributed by atoms with E-state index in [0.29, 0.717) is 0 Å². The third-order valence-electron chi connectivity index (χ3n) is 12.4. The molecule has 5 heteroatoms. The molecule has 0 saturated carbocycles. The number of ether oxygens (including phenoxy) is 2. The first-order valence-electron chi connectivity index (χ1n) is 20.2. The molecule has 0 unspecified atom stereocenters. The minimum atomic E-state index is -0.165. The van der Waals surface area contributed by atoms with E-state index < -0.39 is 0 Å². The number of benzene rings is 9. The number of rotatable bonds is 4. The molecule has 2 aromatic heterocycles. The van der Waals surface area contributed by atoms with Crippen molar-refractivity contribution in [3.05, 3.63) is 200 Å². The molecule has 2 aliphatic rings. The van der Waals surface area contributed by atoms with Crippen molar-refractivity contribution >= 4 is 66.7 Å². The zero-order valence-electron chi connectivity index (χ0n) is 31.8. The van der Waals surface area contributed by atoms with Crippen LogP contribution in [-0.2, 0) is 0 Å². The molecule has 0 amide bonds. The Morgan fingerprint density at radius 1 is 0.322 bits per heavy atom. The third kappa shape index (κ3) is 4.67. The zero-order chi connectivity index (χ0) is 38.6. The number of hydrogen-bond acceptors (Lipinski definition) is 2. The number of nitrogens with zero attached hydrogens (tertiary/aromatic N) is 2. The van der Waals surface area contributed by atoms with Crippen LogP contribution in [0.5, 0.6) is 23.0 Å². The quantitative estimate of drug-likeness (QED) is 0.168. The smallest absolute Gasteiger partial charge is 0.260 e. The van der Waals surface area contributed by atoms with Crippen LogP contribution < -0.4 is 25.9 Å². The van der Waals surface area contributed by atoms with Crippen molar-refractivity contribution in [2.75, 3.05) is 0 Å². The molecule has 0 spiro atoms. The normalized spacial score (nSPS) is 12.6. The summed E-state index contributed by atoms with van der Waals surface area (Å²) in [4.78, 5) is 0. The van der Waals surface area contributed by atoms with Gasteiger partial charge in [-0.3, -0.25) is 0 Å². The van der Waals surface area contributed by atoms with Crippen LogP contribution in [0.25, 0.3) is 77.2 Å². The van der Waals surface area contributed by atoms with Gasteiger partial charge in [-0.2, -0.15) is 0 Å². The first-order chi connectivity index (χ1) is 29.3. The summed E-state index contributed by atoms with van der Waals surface area (Å²) < 4.78 is 19.6. The fourth-order valence-corrected chi connectivity index (χ4v) is 9.85. The lowest BCUT2D eigenvalue weighted by atomic mass is 9.34. The molecule has 9 aromatic carbocycles. The topological polar surface area (TPSA) is 28.3 Å². The van der Waals surface area contributed by atoms with Gasteiger partial charge >= 0.3 is 0 Å². The molecular formula is C54H33BN2O2. The monoisotopic (exact) mass is 752 g/mol. The van der Waals surface area contributed by atoms with Crippen LogP contribution in [0.3, 0.4) is 0 Å². The SMILES string of the molecule is c1ccc(-c2ccc3c(c2)Oc2c(-n4c5ccccc5c5ccccc54)cc(-n4c5ccccc5c5ccccc54)c4c2B3c2ccc(-c3ccccc3)cc2O4)cc1. The van der Waals surface area contributed by atoms with Gasteiger partial charge in [0.25, 0.3) is 6.71 Å². The zero-order valence-corrected chi connectivity index (χ0v) is 31.8. The van der Waals surface area contributed by atoms with Gasteiger partial charge in [0.15, 0.2) is 11.5 Å². The Bertz CT molecular complexity index is 3180. The van der Waals surface area contributed by atoms with Crippen LogP contribution >= 0.6 is 0 Å². The van der Waals surface area contributed by atoms with Crippen molar-refractivity contribution in [3.8, 4) is 56.6 Å². The lowest BCUT2D eigenvalue weighted by Gasteiger charge is -2.36. The molecular weight excluding hydrogens is 719 g/mol. The van der Waals surface area contributed by atoms with Crippen molar-refractivity contribution in [1.29, 1.82) is 0 Å². The van der Waals surface area contributed by atoms with Crippen molar-refractivity contribution in [3.63, 3.8) is 0 Å². The van der Waals surface area contributed by atoms with Crippen LogP contribution in [0.1, 0.15) is 0 Å². The molecule has 0 N–H and O–H groups in total. The van der Waals surface area contributed by atoms with Crippen molar-refractivity contribution in [1.82, 2.24) is 9.13 Å². The second-order valence-corrected chi connectivity index (χ2v) is 15.6. The van der Waals surface area contributed by atoms with Gasteiger partial charge in [0, 0.05) is 27.0 Å². The average molecular weight is 753 g/mol. The second kappa shape index (κ2) is 12.4. The van der Waals surface area contributed by atoms with Gasteiger partial charge in [-0.1, -0.05) is 158 Å². The van der Waals surface area contributed by atoms with E-state index in [1.54, 1.807) is 0 Å². The second-order valence-electron chi connectivity index (χ2n) is 15.6. The van der Waals surface area contributed by atoms with Gasteiger partial charge in [0.1, 0.15) is 11.5 Å². The highest BCUT2D eigenvalue weighted by Crippen LogP contribution is 2.47. The molecule has 2 aliphatic heterocycles. The van der Waals surface area contributed by atoms with E-state index in [0.717, 1.165) is 95.1 Å². The molecule has 0 saturated heterocycles. The molecule has 11 aromatic rings. The summed E-state index contributed by atoms with van der Waals surface area (Å²) in [6.45, 7) is -0.165. The molecule has 0 bridgehead atoms. The Balaban J connectivity index is 1.18.